The van der Waals surface area contributed by atoms with Crippen LogP contribution in [0.3, 0.4) is 0 Å². The Morgan fingerprint density at radius 3 is 2.86 bits per heavy atom. The zero-order valence-corrected chi connectivity index (χ0v) is 12.8. The first-order chi connectivity index (χ1) is 10.1. The van der Waals surface area contributed by atoms with Crippen LogP contribution in [0.1, 0.15) is 37.4 Å². The topological polar surface area (TPSA) is 58.6 Å². The monoisotopic (exact) mass is 289 g/mol. The Morgan fingerprint density at radius 1 is 1.43 bits per heavy atom. The molecule has 4 heteroatoms. The van der Waals surface area contributed by atoms with Crippen LogP contribution in [0.15, 0.2) is 24.3 Å². The number of methoxy groups -OCH3 is 1. The average molecular weight is 289 g/mol. The Balaban J connectivity index is 2.62. The first kappa shape index (κ1) is 17.2. The Kier molecular flexibility index (Phi) is 7.52. The molecule has 2 unspecified atom stereocenters. The number of aliphatic hydroxyl groups is 1. The first-order valence-corrected chi connectivity index (χ1v) is 7.04. The molecule has 0 fully saturated rings. The highest BCUT2D eigenvalue weighted by atomic mass is 16.5. The van der Waals surface area contributed by atoms with Gasteiger partial charge in [0, 0.05) is 25.7 Å². The van der Waals surface area contributed by atoms with Crippen molar-refractivity contribution < 1.29 is 14.6 Å². The van der Waals surface area contributed by atoms with Crippen molar-refractivity contribution in [1.29, 1.82) is 0 Å². The molecule has 114 valence electrons. The molecule has 0 saturated heterocycles. The second-order valence-electron chi connectivity index (χ2n) is 5.14. The molecule has 2 atom stereocenters. The summed E-state index contributed by atoms with van der Waals surface area (Å²) in [6, 6.07) is 7.57. The van der Waals surface area contributed by atoms with Crippen LogP contribution in [0.4, 0.5) is 0 Å². The molecular formula is C17H23NO3. The van der Waals surface area contributed by atoms with Gasteiger partial charge in [0.15, 0.2) is 0 Å². The third-order valence-corrected chi connectivity index (χ3v) is 3.06. The molecule has 0 aliphatic rings. The molecule has 2 N–H and O–H groups in total. The normalized spacial score (nSPS) is 13.0. The van der Waals surface area contributed by atoms with E-state index in [-0.39, 0.29) is 24.5 Å². The highest BCUT2D eigenvalue weighted by Crippen LogP contribution is 2.14. The summed E-state index contributed by atoms with van der Waals surface area (Å²) < 4.78 is 5.03. The van der Waals surface area contributed by atoms with E-state index in [1.165, 1.54) is 0 Å². The Bertz CT molecular complexity index is 516. The second-order valence-corrected chi connectivity index (χ2v) is 5.14. The van der Waals surface area contributed by atoms with Gasteiger partial charge in [-0.1, -0.05) is 30.9 Å². The van der Waals surface area contributed by atoms with E-state index in [4.69, 9.17) is 9.84 Å². The van der Waals surface area contributed by atoms with Crippen LogP contribution in [-0.2, 0) is 9.53 Å². The maximum absolute atomic E-state index is 11.9. The van der Waals surface area contributed by atoms with E-state index in [0.29, 0.717) is 13.0 Å². The van der Waals surface area contributed by atoms with Gasteiger partial charge in [-0.3, -0.25) is 4.79 Å². The molecule has 1 aromatic rings. The van der Waals surface area contributed by atoms with Crippen LogP contribution < -0.4 is 5.32 Å². The number of hydrogen-bond acceptors (Lipinski definition) is 3. The molecule has 0 aliphatic heterocycles. The molecular weight excluding hydrogens is 266 g/mol. The highest BCUT2D eigenvalue weighted by molar-refractivity contribution is 5.76. The third-order valence-electron chi connectivity index (χ3n) is 3.06. The van der Waals surface area contributed by atoms with Crippen molar-refractivity contribution in [3.05, 3.63) is 35.4 Å². The zero-order chi connectivity index (χ0) is 15.7. The molecule has 0 radical (unpaired) electrons. The van der Waals surface area contributed by atoms with E-state index in [1.807, 2.05) is 38.1 Å². The van der Waals surface area contributed by atoms with Crippen molar-refractivity contribution in [1.82, 2.24) is 5.32 Å². The van der Waals surface area contributed by atoms with Gasteiger partial charge in [0.2, 0.25) is 5.91 Å². The number of hydrogen-bond donors (Lipinski definition) is 2. The molecule has 0 spiro atoms. The molecule has 1 amide bonds. The Morgan fingerprint density at radius 2 is 2.19 bits per heavy atom. The fraction of sp³-hybridized carbons (Fsp3) is 0.471. The lowest BCUT2D eigenvalue weighted by Gasteiger charge is -2.16. The summed E-state index contributed by atoms with van der Waals surface area (Å²) in [5.74, 6) is 5.69. The largest absolute Gasteiger partial charge is 0.384 e. The summed E-state index contributed by atoms with van der Waals surface area (Å²) in [7, 11) is 1.63. The summed E-state index contributed by atoms with van der Waals surface area (Å²) in [6.07, 6.45) is 0.447. The van der Waals surface area contributed by atoms with Gasteiger partial charge in [0.1, 0.15) is 6.61 Å². The lowest BCUT2D eigenvalue weighted by Crippen LogP contribution is -2.28. The third kappa shape index (κ3) is 6.44. The van der Waals surface area contributed by atoms with Gasteiger partial charge in [-0.2, -0.15) is 0 Å². The van der Waals surface area contributed by atoms with Gasteiger partial charge in [-0.25, -0.2) is 0 Å². The molecule has 1 aromatic carbocycles. The fourth-order valence-corrected chi connectivity index (χ4v) is 2.07. The Labute approximate surface area is 126 Å². The number of benzene rings is 1. The summed E-state index contributed by atoms with van der Waals surface area (Å²) in [5.41, 5.74) is 1.82. The molecule has 0 aromatic heterocycles. The highest BCUT2D eigenvalue weighted by Gasteiger charge is 2.13. The van der Waals surface area contributed by atoms with Crippen molar-refractivity contribution in [2.24, 2.45) is 5.92 Å². The van der Waals surface area contributed by atoms with Crippen molar-refractivity contribution in [3.8, 4) is 11.8 Å². The van der Waals surface area contributed by atoms with E-state index in [1.54, 1.807) is 7.11 Å². The van der Waals surface area contributed by atoms with Crippen LogP contribution in [-0.4, -0.2) is 31.3 Å². The first-order valence-electron chi connectivity index (χ1n) is 7.04. The van der Waals surface area contributed by atoms with Crippen molar-refractivity contribution in [2.45, 2.75) is 26.3 Å². The number of amides is 1. The van der Waals surface area contributed by atoms with Crippen molar-refractivity contribution >= 4 is 5.91 Å². The summed E-state index contributed by atoms with van der Waals surface area (Å²) in [6.45, 7) is 4.35. The van der Waals surface area contributed by atoms with Gasteiger partial charge in [0.25, 0.3) is 0 Å². The number of rotatable bonds is 6. The molecule has 21 heavy (non-hydrogen) atoms. The number of aliphatic hydroxyl groups excluding tert-OH is 1. The summed E-state index contributed by atoms with van der Waals surface area (Å²) in [5, 5.41) is 11.7. The minimum atomic E-state index is -0.159. The lowest BCUT2D eigenvalue weighted by molar-refractivity contribution is -0.122. The molecule has 0 saturated carbocycles. The van der Waals surface area contributed by atoms with Crippen LogP contribution in [0.2, 0.25) is 0 Å². The number of carbonyl (C=O) groups is 1. The quantitative estimate of drug-likeness (QED) is 0.786. The lowest BCUT2D eigenvalue weighted by atomic mass is 10.0. The molecule has 4 nitrogen and oxygen atoms in total. The van der Waals surface area contributed by atoms with E-state index < -0.39 is 0 Å². The SMILES string of the molecule is COCC(C)CC(=O)NC(C)c1cccc(C#CCO)c1. The summed E-state index contributed by atoms with van der Waals surface area (Å²) in [4.78, 5) is 11.9. The van der Waals surface area contributed by atoms with Crippen LogP contribution in [0.5, 0.6) is 0 Å². The van der Waals surface area contributed by atoms with E-state index >= 15 is 0 Å². The smallest absolute Gasteiger partial charge is 0.220 e. The van der Waals surface area contributed by atoms with E-state index in [9.17, 15) is 4.79 Å². The van der Waals surface area contributed by atoms with Gasteiger partial charge in [0.05, 0.1) is 6.04 Å². The average Bonchev–Trinajstić information content (AvgIpc) is 2.45. The number of carbonyl (C=O) groups excluding carboxylic acids is 1. The zero-order valence-electron chi connectivity index (χ0n) is 12.8. The van der Waals surface area contributed by atoms with Gasteiger partial charge < -0.3 is 15.2 Å². The minimum absolute atomic E-state index is 0.0129. The van der Waals surface area contributed by atoms with Crippen molar-refractivity contribution in [3.63, 3.8) is 0 Å². The Hall–Kier alpha value is -1.83. The molecule has 0 aliphatic carbocycles. The molecule has 0 bridgehead atoms. The van der Waals surface area contributed by atoms with E-state index in [2.05, 4.69) is 17.2 Å². The molecule has 1 rings (SSSR count). The fourth-order valence-electron chi connectivity index (χ4n) is 2.07. The number of nitrogens with one attached hydrogen (secondary N) is 1. The van der Waals surface area contributed by atoms with Crippen LogP contribution in [0.25, 0.3) is 0 Å². The maximum atomic E-state index is 11.9. The second kappa shape index (κ2) is 9.17. The van der Waals surface area contributed by atoms with E-state index in [0.717, 1.165) is 11.1 Å². The predicted molar refractivity (Wildman–Crippen MR) is 82.6 cm³/mol. The van der Waals surface area contributed by atoms with Crippen LogP contribution >= 0.6 is 0 Å². The van der Waals surface area contributed by atoms with Crippen LogP contribution in [0, 0.1) is 17.8 Å². The van der Waals surface area contributed by atoms with Crippen molar-refractivity contribution in [2.75, 3.05) is 20.3 Å². The standard InChI is InChI=1S/C17H23NO3/c1-13(12-21-3)10-17(20)18-14(2)16-8-4-6-15(11-16)7-5-9-19/h4,6,8,11,13-14,19H,9-10,12H2,1-3H3,(H,18,20). The summed E-state index contributed by atoms with van der Waals surface area (Å²) >= 11 is 0. The van der Waals surface area contributed by atoms with Gasteiger partial charge in [-0.15, -0.1) is 0 Å². The minimum Gasteiger partial charge on any atom is -0.384 e. The number of ether oxygens (including phenoxy) is 1. The van der Waals surface area contributed by atoms with Gasteiger partial charge >= 0.3 is 0 Å². The molecule has 0 heterocycles. The predicted octanol–water partition coefficient (Wildman–Crippen LogP) is 1.88. The van der Waals surface area contributed by atoms with Gasteiger partial charge in [-0.05, 0) is 30.5 Å². The maximum Gasteiger partial charge on any atom is 0.220 e.